The molecule has 0 spiro atoms. The third kappa shape index (κ3) is 4.13. The second-order valence-corrected chi connectivity index (χ2v) is 3.13. The lowest BCUT2D eigenvalue weighted by Crippen LogP contribution is -1.97. The van der Waals surface area contributed by atoms with Gasteiger partial charge in [0.2, 0.25) is 0 Å². The second-order valence-electron chi connectivity index (χ2n) is 2.70. The van der Waals surface area contributed by atoms with Crippen LogP contribution in [0.2, 0.25) is 5.02 Å². The van der Waals surface area contributed by atoms with Crippen molar-refractivity contribution in [2.45, 2.75) is 12.8 Å². The molecule has 0 aromatic heterocycles. The molecule has 0 atom stereocenters. The highest BCUT2D eigenvalue weighted by atomic mass is 35.5. The van der Waals surface area contributed by atoms with Crippen LogP contribution in [0.15, 0.2) is 24.3 Å². The number of halogens is 2. The maximum Gasteiger partial charge on any atom is 0.119 e. The Kier molecular flexibility index (Phi) is 4.61. The fourth-order valence-corrected chi connectivity index (χ4v) is 1.04. The van der Waals surface area contributed by atoms with Crippen molar-refractivity contribution in [1.82, 2.24) is 0 Å². The van der Waals surface area contributed by atoms with E-state index in [0.29, 0.717) is 18.1 Å². The standard InChI is InChI=1S/C10H12ClFO/c11-9-3-5-10(6-4-9)13-8-2-1-7-12/h3-6H,1-2,7-8H2. The first-order valence-corrected chi connectivity index (χ1v) is 4.65. The van der Waals surface area contributed by atoms with Gasteiger partial charge in [0.15, 0.2) is 0 Å². The molecule has 1 aromatic rings. The summed E-state index contributed by atoms with van der Waals surface area (Å²) in [6.45, 7) is 0.287. The van der Waals surface area contributed by atoms with Gasteiger partial charge < -0.3 is 4.74 Å². The Morgan fingerprint density at radius 2 is 1.85 bits per heavy atom. The molecule has 0 radical (unpaired) electrons. The van der Waals surface area contributed by atoms with Crippen LogP contribution in [0.1, 0.15) is 12.8 Å². The molecule has 1 rings (SSSR count). The molecule has 72 valence electrons. The molecule has 1 nitrogen and oxygen atoms in total. The summed E-state index contributed by atoms with van der Waals surface area (Å²) in [5, 5.41) is 0.691. The summed E-state index contributed by atoms with van der Waals surface area (Å²) in [6, 6.07) is 7.15. The van der Waals surface area contributed by atoms with Gasteiger partial charge in [-0.25, -0.2) is 0 Å². The van der Waals surface area contributed by atoms with Crippen LogP contribution in [0, 0.1) is 0 Å². The number of ether oxygens (including phenoxy) is 1. The van der Waals surface area contributed by atoms with Crippen molar-refractivity contribution in [2.75, 3.05) is 13.3 Å². The molecule has 0 heterocycles. The molecule has 0 N–H and O–H groups in total. The first-order valence-electron chi connectivity index (χ1n) is 4.27. The summed E-state index contributed by atoms with van der Waals surface area (Å²) in [5.74, 6) is 0.781. The normalized spacial score (nSPS) is 10.0. The second kappa shape index (κ2) is 5.81. The van der Waals surface area contributed by atoms with Gasteiger partial charge in [-0.2, -0.15) is 0 Å². The smallest absolute Gasteiger partial charge is 0.119 e. The van der Waals surface area contributed by atoms with Crippen molar-refractivity contribution in [3.05, 3.63) is 29.3 Å². The van der Waals surface area contributed by atoms with Gasteiger partial charge in [0.25, 0.3) is 0 Å². The summed E-state index contributed by atoms with van der Waals surface area (Å²) in [7, 11) is 0. The van der Waals surface area contributed by atoms with Crippen LogP contribution >= 0.6 is 11.6 Å². The Morgan fingerprint density at radius 3 is 2.46 bits per heavy atom. The highest BCUT2D eigenvalue weighted by Gasteiger charge is 1.93. The number of alkyl halides is 1. The van der Waals surface area contributed by atoms with E-state index in [0.717, 1.165) is 12.2 Å². The van der Waals surface area contributed by atoms with E-state index < -0.39 is 0 Å². The largest absolute Gasteiger partial charge is 0.494 e. The van der Waals surface area contributed by atoms with E-state index >= 15 is 0 Å². The number of benzene rings is 1. The van der Waals surface area contributed by atoms with Crippen molar-refractivity contribution < 1.29 is 9.13 Å². The van der Waals surface area contributed by atoms with Gasteiger partial charge in [0.1, 0.15) is 5.75 Å². The van der Waals surface area contributed by atoms with Crippen LogP contribution in [-0.2, 0) is 0 Å². The lowest BCUT2D eigenvalue weighted by Gasteiger charge is -2.04. The maximum atomic E-state index is 11.7. The van der Waals surface area contributed by atoms with Gasteiger partial charge in [-0.3, -0.25) is 4.39 Å². The molecular formula is C10H12ClFO. The number of hydrogen-bond acceptors (Lipinski definition) is 1. The molecule has 13 heavy (non-hydrogen) atoms. The molecule has 0 unspecified atom stereocenters. The molecule has 0 fully saturated rings. The van der Waals surface area contributed by atoms with Crippen LogP contribution in [-0.4, -0.2) is 13.3 Å². The zero-order valence-corrected chi connectivity index (χ0v) is 8.06. The first-order chi connectivity index (χ1) is 6.33. The minimum atomic E-state index is -0.274. The van der Waals surface area contributed by atoms with Crippen molar-refractivity contribution in [2.24, 2.45) is 0 Å². The van der Waals surface area contributed by atoms with Crippen LogP contribution < -0.4 is 4.74 Å². The Labute approximate surface area is 82.5 Å². The molecular weight excluding hydrogens is 191 g/mol. The summed E-state index contributed by atoms with van der Waals surface area (Å²) >= 11 is 5.69. The van der Waals surface area contributed by atoms with Gasteiger partial charge in [-0.15, -0.1) is 0 Å². The quantitative estimate of drug-likeness (QED) is 0.665. The molecule has 1 aromatic carbocycles. The monoisotopic (exact) mass is 202 g/mol. The summed E-state index contributed by atoms with van der Waals surface area (Å²) in [5.41, 5.74) is 0. The maximum absolute atomic E-state index is 11.7. The summed E-state index contributed by atoms with van der Waals surface area (Å²) < 4.78 is 17.0. The molecule has 0 saturated carbocycles. The zero-order valence-electron chi connectivity index (χ0n) is 7.30. The van der Waals surface area contributed by atoms with E-state index in [2.05, 4.69) is 0 Å². The topological polar surface area (TPSA) is 9.23 Å². The summed E-state index contributed by atoms with van der Waals surface area (Å²) in [4.78, 5) is 0. The van der Waals surface area contributed by atoms with Crippen LogP contribution in [0.5, 0.6) is 5.75 Å². The minimum Gasteiger partial charge on any atom is -0.494 e. The Balaban J connectivity index is 2.25. The SMILES string of the molecule is FCCCCOc1ccc(Cl)cc1. The van der Waals surface area contributed by atoms with Crippen molar-refractivity contribution in [3.8, 4) is 5.75 Å². The highest BCUT2D eigenvalue weighted by Crippen LogP contribution is 2.15. The zero-order chi connectivity index (χ0) is 9.52. The van der Waals surface area contributed by atoms with Gasteiger partial charge >= 0.3 is 0 Å². The van der Waals surface area contributed by atoms with Crippen LogP contribution in [0.3, 0.4) is 0 Å². The van der Waals surface area contributed by atoms with E-state index in [1.54, 1.807) is 24.3 Å². The predicted octanol–water partition coefficient (Wildman–Crippen LogP) is 3.47. The first kappa shape index (κ1) is 10.3. The molecule has 0 aliphatic rings. The highest BCUT2D eigenvalue weighted by molar-refractivity contribution is 6.30. The third-order valence-corrected chi connectivity index (χ3v) is 1.86. The van der Waals surface area contributed by atoms with Gasteiger partial charge in [0, 0.05) is 5.02 Å². The average molecular weight is 203 g/mol. The molecule has 0 saturated heterocycles. The van der Waals surface area contributed by atoms with E-state index in [4.69, 9.17) is 16.3 Å². The lowest BCUT2D eigenvalue weighted by atomic mass is 10.3. The van der Waals surface area contributed by atoms with Crippen LogP contribution in [0.4, 0.5) is 4.39 Å². The Bertz CT molecular complexity index is 235. The van der Waals surface area contributed by atoms with Gasteiger partial charge in [-0.1, -0.05) is 11.6 Å². The van der Waals surface area contributed by atoms with Gasteiger partial charge in [0.05, 0.1) is 13.3 Å². The lowest BCUT2D eigenvalue weighted by molar-refractivity contribution is 0.297. The van der Waals surface area contributed by atoms with Crippen LogP contribution in [0.25, 0.3) is 0 Å². The Morgan fingerprint density at radius 1 is 1.15 bits per heavy atom. The molecule has 0 bridgehead atoms. The van der Waals surface area contributed by atoms with E-state index in [1.807, 2.05) is 0 Å². The minimum absolute atomic E-state index is 0.274. The Hall–Kier alpha value is -0.760. The number of hydrogen-bond donors (Lipinski definition) is 0. The number of rotatable bonds is 5. The van der Waals surface area contributed by atoms with Crippen molar-refractivity contribution in [1.29, 1.82) is 0 Å². The van der Waals surface area contributed by atoms with E-state index in [9.17, 15) is 4.39 Å². The average Bonchev–Trinajstić information content (AvgIpc) is 2.15. The molecule has 0 aliphatic carbocycles. The third-order valence-electron chi connectivity index (χ3n) is 1.61. The van der Waals surface area contributed by atoms with Crippen molar-refractivity contribution in [3.63, 3.8) is 0 Å². The summed E-state index contributed by atoms with van der Waals surface area (Å²) in [6.07, 6.45) is 1.31. The molecule has 0 amide bonds. The van der Waals surface area contributed by atoms with Gasteiger partial charge in [-0.05, 0) is 37.1 Å². The van der Waals surface area contributed by atoms with E-state index in [1.165, 1.54) is 0 Å². The fraction of sp³-hybridized carbons (Fsp3) is 0.400. The molecule has 0 aliphatic heterocycles. The van der Waals surface area contributed by atoms with Crippen molar-refractivity contribution >= 4 is 11.6 Å². The molecule has 3 heteroatoms. The predicted molar refractivity (Wildman–Crippen MR) is 52.2 cm³/mol. The van der Waals surface area contributed by atoms with E-state index in [-0.39, 0.29) is 6.67 Å². The number of unbranched alkanes of at least 4 members (excludes halogenated alkanes) is 1. The fourth-order valence-electron chi connectivity index (χ4n) is 0.917.